The van der Waals surface area contributed by atoms with Gasteiger partial charge in [0.1, 0.15) is 12.3 Å². The summed E-state index contributed by atoms with van der Waals surface area (Å²) in [5, 5.41) is 10.1. The highest BCUT2D eigenvalue weighted by Gasteiger charge is 2.15. The number of methoxy groups -OCH3 is 1. The first-order valence-electron chi connectivity index (χ1n) is 5.71. The summed E-state index contributed by atoms with van der Waals surface area (Å²) in [4.78, 5) is 10.4. The van der Waals surface area contributed by atoms with Crippen LogP contribution in [0.15, 0.2) is 41.3 Å². The Bertz CT molecular complexity index is 754. The minimum absolute atomic E-state index is 0.0134. The van der Waals surface area contributed by atoms with Gasteiger partial charge in [-0.05, 0) is 35.0 Å². The smallest absolute Gasteiger partial charge is 0.318 e. The zero-order valence-electron chi connectivity index (χ0n) is 10.7. The standard InChI is InChI=1S/C13H13NO5S/c1-19-11-4-2-9-3-5-12(7-10(9)6-11)20(17,18)14-8-13(15)16/h2-7,14H,8H2,1H3,(H,15,16). The lowest BCUT2D eigenvalue weighted by molar-refractivity contribution is -0.135. The van der Waals surface area contributed by atoms with Gasteiger partial charge in [0.2, 0.25) is 10.0 Å². The van der Waals surface area contributed by atoms with Crippen molar-refractivity contribution in [3.8, 4) is 5.75 Å². The largest absolute Gasteiger partial charge is 0.497 e. The van der Waals surface area contributed by atoms with E-state index in [1.54, 1.807) is 18.2 Å². The molecule has 20 heavy (non-hydrogen) atoms. The summed E-state index contributed by atoms with van der Waals surface area (Å²) in [5.41, 5.74) is 0. The van der Waals surface area contributed by atoms with Crippen molar-refractivity contribution in [2.45, 2.75) is 4.90 Å². The molecule has 0 amide bonds. The summed E-state index contributed by atoms with van der Waals surface area (Å²) in [6.07, 6.45) is 0. The van der Waals surface area contributed by atoms with Crippen LogP contribution in [0.3, 0.4) is 0 Å². The number of carboxylic acid groups (broad SMARTS) is 1. The monoisotopic (exact) mass is 295 g/mol. The first kappa shape index (κ1) is 14.3. The van der Waals surface area contributed by atoms with Crippen molar-refractivity contribution < 1.29 is 23.1 Å². The number of carbonyl (C=O) groups is 1. The number of hydrogen-bond donors (Lipinski definition) is 2. The van der Waals surface area contributed by atoms with Crippen LogP contribution in [0.25, 0.3) is 10.8 Å². The average molecular weight is 295 g/mol. The van der Waals surface area contributed by atoms with E-state index in [1.165, 1.54) is 19.2 Å². The average Bonchev–Trinajstić information content (AvgIpc) is 2.44. The normalized spacial score (nSPS) is 11.4. The van der Waals surface area contributed by atoms with Crippen LogP contribution in [-0.4, -0.2) is 33.1 Å². The van der Waals surface area contributed by atoms with E-state index in [0.29, 0.717) is 11.1 Å². The molecule has 0 aliphatic rings. The zero-order chi connectivity index (χ0) is 14.8. The molecule has 0 heterocycles. The third-order valence-corrected chi connectivity index (χ3v) is 4.14. The number of sulfonamides is 1. The molecule has 106 valence electrons. The van der Waals surface area contributed by atoms with Crippen molar-refractivity contribution in [3.63, 3.8) is 0 Å². The van der Waals surface area contributed by atoms with E-state index in [2.05, 4.69) is 0 Å². The Morgan fingerprint density at radius 3 is 2.55 bits per heavy atom. The molecular weight excluding hydrogens is 282 g/mol. The Kier molecular flexibility index (Phi) is 3.91. The molecule has 0 atom stereocenters. The van der Waals surface area contributed by atoms with E-state index >= 15 is 0 Å². The van der Waals surface area contributed by atoms with Gasteiger partial charge in [0, 0.05) is 0 Å². The summed E-state index contributed by atoms with van der Waals surface area (Å²) in [6.45, 7) is -0.654. The van der Waals surface area contributed by atoms with Crippen LogP contribution in [0.5, 0.6) is 5.75 Å². The number of hydrogen-bond acceptors (Lipinski definition) is 4. The topological polar surface area (TPSA) is 92.7 Å². The van der Waals surface area contributed by atoms with Crippen LogP contribution in [0.2, 0.25) is 0 Å². The van der Waals surface area contributed by atoms with Crippen LogP contribution in [0, 0.1) is 0 Å². The molecule has 0 spiro atoms. The van der Waals surface area contributed by atoms with Crippen LogP contribution in [-0.2, 0) is 14.8 Å². The Morgan fingerprint density at radius 1 is 1.20 bits per heavy atom. The zero-order valence-corrected chi connectivity index (χ0v) is 11.5. The van der Waals surface area contributed by atoms with Gasteiger partial charge in [-0.1, -0.05) is 12.1 Å². The first-order chi connectivity index (χ1) is 9.42. The minimum Gasteiger partial charge on any atom is -0.497 e. The molecule has 7 heteroatoms. The van der Waals surface area contributed by atoms with Crippen LogP contribution < -0.4 is 9.46 Å². The van der Waals surface area contributed by atoms with E-state index in [0.717, 1.165) is 5.39 Å². The Balaban J connectivity index is 2.42. The van der Waals surface area contributed by atoms with Crippen molar-refractivity contribution in [1.82, 2.24) is 4.72 Å². The van der Waals surface area contributed by atoms with E-state index < -0.39 is 22.5 Å². The molecule has 2 N–H and O–H groups in total. The number of fused-ring (bicyclic) bond motifs is 1. The summed E-state index contributed by atoms with van der Waals surface area (Å²) in [6, 6.07) is 9.87. The number of ether oxygens (including phenoxy) is 1. The maximum atomic E-state index is 11.9. The van der Waals surface area contributed by atoms with Gasteiger partial charge in [0.15, 0.2) is 0 Å². The van der Waals surface area contributed by atoms with E-state index in [4.69, 9.17) is 9.84 Å². The number of rotatable bonds is 5. The Morgan fingerprint density at radius 2 is 1.90 bits per heavy atom. The fourth-order valence-corrected chi connectivity index (χ4v) is 2.75. The molecule has 0 saturated heterocycles. The highest BCUT2D eigenvalue weighted by atomic mass is 32.2. The summed E-state index contributed by atoms with van der Waals surface area (Å²) < 4.78 is 31.0. The fourth-order valence-electron chi connectivity index (χ4n) is 1.74. The molecule has 2 rings (SSSR count). The molecule has 0 aliphatic carbocycles. The van der Waals surface area contributed by atoms with E-state index in [-0.39, 0.29) is 4.90 Å². The summed E-state index contributed by atoms with van der Waals surface area (Å²) >= 11 is 0. The predicted octanol–water partition coefficient (Wildman–Crippen LogP) is 1.21. The molecule has 0 aromatic heterocycles. The van der Waals surface area contributed by atoms with Gasteiger partial charge in [0.05, 0.1) is 12.0 Å². The second kappa shape index (κ2) is 5.48. The molecule has 0 unspecified atom stereocenters. The SMILES string of the molecule is COc1ccc2ccc(S(=O)(=O)NCC(=O)O)cc2c1. The predicted molar refractivity (Wildman–Crippen MR) is 73.3 cm³/mol. The Hall–Kier alpha value is -2.12. The van der Waals surface area contributed by atoms with Gasteiger partial charge in [0.25, 0.3) is 0 Å². The second-order valence-electron chi connectivity index (χ2n) is 4.09. The van der Waals surface area contributed by atoms with Gasteiger partial charge >= 0.3 is 5.97 Å². The second-order valence-corrected chi connectivity index (χ2v) is 5.86. The molecule has 6 nitrogen and oxygen atoms in total. The number of benzene rings is 2. The van der Waals surface area contributed by atoms with Gasteiger partial charge < -0.3 is 9.84 Å². The molecule has 2 aromatic carbocycles. The highest BCUT2D eigenvalue weighted by Crippen LogP contribution is 2.23. The molecule has 0 fully saturated rings. The highest BCUT2D eigenvalue weighted by molar-refractivity contribution is 7.89. The van der Waals surface area contributed by atoms with Crippen LogP contribution in [0.1, 0.15) is 0 Å². The summed E-state index contributed by atoms with van der Waals surface area (Å²) in [7, 11) is -2.31. The molecule has 0 saturated carbocycles. The molecule has 0 bridgehead atoms. The molecule has 0 aliphatic heterocycles. The lowest BCUT2D eigenvalue weighted by atomic mass is 10.1. The van der Waals surface area contributed by atoms with Crippen molar-refractivity contribution in [3.05, 3.63) is 36.4 Å². The molecule has 0 radical (unpaired) electrons. The van der Waals surface area contributed by atoms with E-state index in [1.807, 2.05) is 10.8 Å². The minimum atomic E-state index is -3.84. The van der Waals surface area contributed by atoms with Crippen molar-refractivity contribution in [1.29, 1.82) is 0 Å². The number of carboxylic acids is 1. The number of aliphatic carboxylic acids is 1. The maximum Gasteiger partial charge on any atom is 0.318 e. The van der Waals surface area contributed by atoms with Gasteiger partial charge in [-0.2, -0.15) is 4.72 Å². The van der Waals surface area contributed by atoms with Crippen LogP contribution >= 0.6 is 0 Å². The van der Waals surface area contributed by atoms with Gasteiger partial charge in [-0.15, -0.1) is 0 Å². The van der Waals surface area contributed by atoms with Crippen LogP contribution in [0.4, 0.5) is 0 Å². The number of nitrogens with one attached hydrogen (secondary N) is 1. The lowest BCUT2D eigenvalue weighted by Gasteiger charge is -2.07. The van der Waals surface area contributed by atoms with Gasteiger partial charge in [-0.3, -0.25) is 4.79 Å². The quantitative estimate of drug-likeness (QED) is 0.865. The first-order valence-corrected chi connectivity index (χ1v) is 7.20. The third kappa shape index (κ3) is 3.06. The summed E-state index contributed by atoms with van der Waals surface area (Å²) in [5.74, 6) is -0.624. The fraction of sp³-hybridized carbons (Fsp3) is 0.154. The van der Waals surface area contributed by atoms with Crippen molar-refractivity contribution in [2.24, 2.45) is 0 Å². The third-order valence-electron chi connectivity index (χ3n) is 2.74. The maximum absolute atomic E-state index is 11.9. The van der Waals surface area contributed by atoms with Crippen molar-refractivity contribution in [2.75, 3.05) is 13.7 Å². The van der Waals surface area contributed by atoms with E-state index in [9.17, 15) is 13.2 Å². The molecular formula is C13H13NO5S. The molecule has 2 aromatic rings. The van der Waals surface area contributed by atoms with Crippen molar-refractivity contribution >= 4 is 26.8 Å². The lowest BCUT2D eigenvalue weighted by Crippen LogP contribution is -2.29. The van der Waals surface area contributed by atoms with Gasteiger partial charge in [-0.25, -0.2) is 8.42 Å². The Labute approximate surface area is 116 Å².